The van der Waals surface area contributed by atoms with Crippen LogP contribution in [-0.2, 0) is 6.42 Å². The van der Waals surface area contributed by atoms with Gasteiger partial charge in [-0.1, -0.05) is 6.92 Å². The number of methoxy groups -OCH3 is 1. The third-order valence-corrected chi connectivity index (χ3v) is 2.97. The molecule has 4 nitrogen and oxygen atoms in total. The lowest BCUT2D eigenvalue weighted by Gasteiger charge is -2.27. The van der Waals surface area contributed by atoms with Gasteiger partial charge in [0.15, 0.2) is 0 Å². The molecule has 0 spiro atoms. The van der Waals surface area contributed by atoms with Gasteiger partial charge in [0.05, 0.1) is 7.11 Å². The van der Waals surface area contributed by atoms with E-state index in [1.165, 1.54) is 19.3 Å². The smallest absolute Gasteiger partial charge is 0.318 e. The highest BCUT2D eigenvalue weighted by Gasteiger charge is 2.14. The highest BCUT2D eigenvalue weighted by atomic mass is 16.5. The molecule has 0 saturated carbocycles. The van der Waals surface area contributed by atoms with Crippen LogP contribution in [0.4, 0.5) is 5.82 Å². The van der Waals surface area contributed by atoms with E-state index < -0.39 is 0 Å². The van der Waals surface area contributed by atoms with Crippen molar-refractivity contribution in [2.75, 3.05) is 25.1 Å². The van der Waals surface area contributed by atoms with E-state index in [4.69, 9.17) is 4.74 Å². The first kappa shape index (κ1) is 11.2. The van der Waals surface area contributed by atoms with Gasteiger partial charge in [0, 0.05) is 24.8 Å². The fourth-order valence-corrected chi connectivity index (χ4v) is 2.02. The number of hydrogen-bond donors (Lipinski definition) is 0. The highest BCUT2D eigenvalue weighted by molar-refractivity contribution is 5.41. The Morgan fingerprint density at radius 2 is 2.00 bits per heavy atom. The van der Waals surface area contributed by atoms with Crippen molar-refractivity contribution >= 4 is 5.82 Å². The molecule has 1 aliphatic heterocycles. The molecule has 4 heteroatoms. The van der Waals surface area contributed by atoms with Crippen molar-refractivity contribution in [3.63, 3.8) is 0 Å². The number of hydrogen-bond acceptors (Lipinski definition) is 4. The zero-order chi connectivity index (χ0) is 11.4. The molecule has 1 saturated heterocycles. The van der Waals surface area contributed by atoms with Gasteiger partial charge in [0.2, 0.25) is 0 Å². The first-order valence-corrected chi connectivity index (χ1v) is 6.00. The zero-order valence-corrected chi connectivity index (χ0v) is 10.1. The van der Waals surface area contributed by atoms with Crippen LogP contribution in [0, 0.1) is 0 Å². The third-order valence-electron chi connectivity index (χ3n) is 2.97. The van der Waals surface area contributed by atoms with E-state index in [0.29, 0.717) is 6.01 Å². The maximum atomic E-state index is 5.14. The number of aromatic nitrogens is 2. The van der Waals surface area contributed by atoms with Gasteiger partial charge in [-0.15, -0.1) is 0 Å². The SMILES string of the molecule is CCc1cc(N2CCCCC2)nc(OC)n1. The summed E-state index contributed by atoms with van der Waals surface area (Å²) in [4.78, 5) is 11.0. The number of rotatable bonds is 3. The van der Waals surface area contributed by atoms with Gasteiger partial charge < -0.3 is 9.64 Å². The van der Waals surface area contributed by atoms with E-state index in [2.05, 4.69) is 27.9 Å². The number of nitrogens with zero attached hydrogens (tertiary/aromatic N) is 3. The fourth-order valence-electron chi connectivity index (χ4n) is 2.02. The Morgan fingerprint density at radius 1 is 1.25 bits per heavy atom. The van der Waals surface area contributed by atoms with E-state index in [9.17, 15) is 0 Å². The first-order chi connectivity index (χ1) is 7.83. The molecule has 1 fully saturated rings. The monoisotopic (exact) mass is 221 g/mol. The second kappa shape index (κ2) is 5.14. The molecule has 0 radical (unpaired) electrons. The van der Waals surface area contributed by atoms with Crippen LogP contribution in [0.25, 0.3) is 0 Å². The van der Waals surface area contributed by atoms with Crippen LogP contribution in [0.3, 0.4) is 0 Å². The zero-order valence-electron chi connectivity index (χ0n) is 10.1. The summed E-state index contributed by atoms with van der Waals surface area (Å²) < 4.78 is 5.14. The van der Waals surface area contributed by atoms with Crippen molar-refractivity contribution in [1.29, 1.82) is 0 Å². The summed E-state index contributed by atoms with van der Waals surface area (Å²) >= 11 is 0. The fraction of sp³-hybridized carbons (Fsp3) is 0.667. The van der Waals surface area contributed by atoms with Crippen molar-refractivity contribution < 1.29 is 4.74 Å². The number of anilines is 1. The Balaban J connectivity index is 2.24. The normalized spacial score (nSPS) is 16.2. The molecule has 2 rings (SSSR count). The van der Waals surface area contributed by atoms with E-state index in [1.807, 2.05) is 0 Å². The van der Waals surface area contributed by atoms with Crippen molar-refractivity contribution in [2.45, 2.75) is 32.6 Å². The minimum atomic E-state index is 0.486. The molecule has 1 aliphatic rings. The van der Waals surface area contributed by atoms with Gasteiger partial charge in [0.1, 0.15) is 5.82 Å². The summed E-state index contributed by atoms with van der Waals surface area (Å²) in [5.41, 5.74) is 1.05. The Labute approximate surface area is 96.7 Å². The maximum absolute atomic E-state index is 5.14. The summed E-state index contributed by atoms with van der Waals surface area (Å²) in [5, 5.41) is 0. The molecule has 0 bridgehead atoms. The summed E-state index contributed by atoms with van der Waals surface area (Å²) in [5.74, 6) is 1.02. The van der Waals surface area contributed by atoms with Crippen molar-refractivity contribution in [2.24, 2.45) is 0 Å². The maximum Gasteiger partial charge on any atom is 0.318 e. The molecular formula is C12H19N3O. The lowest BCUT2D eigenvalue weighted by molar-refractivity contribution is 0.377. The minimum Gasteiger partial charge on any atom is -0.467 e. The summed E-state index contributed by atoms with van der Waals surface area (Å²) in [7, 11) is 1.62. The summed E-state index contributed by atoms with van der Waals surface area (Å²) in [6.45, 7) is 4.30. The second-order valence-corrected chi connectivity index (χ2v) is 4.11. The number of ether oxygens (including phenoxy) is 1. The van der Waals surface area contributed by atoms with E-state index in [-0.39, 0.29) is 0 Å². The summed E-state index contributed by atoms with van der Waals surface area (Å²) in [6.07, 6.45) is 4.76. The topological polar surface area (TPSA) is 38.2 Å². The van der Waals surface area contributed by atoms with Crippen LogP contribution in [0.2, 0.25) is 0 Å². The molecule has 2 heterocycles. The molecule has 0 atom stereocenters. The van der Waals surface area contributed by atoms with Crippen LogP contribution >= 0.6 is 0 Å². The van der Waals surface area contributed by atoms with E-state index in [0.717, 1.165) is 31.0 Å². The average molecular weight is 221 g/mol. The lowest BCUT2D eigenvalue weighted by Crippen LogP contribution is -2.30. The molecule has 0 aliphatic carbocycles. The molecule has 88 valence electrons. The molecule has 0 N–H and O–H groups in total. The molecular weight excluding hydrogens is 202 g/mol. The van der Waals surface area contributed by atoms with E-state index >= 15 is 0 Å². The van der Waals surface area contributed by atoms with Crippen LogP contribution in [0.5, 0.6) is 6.01 Å². The Kier molecular flexibility index (Phi) is 3.59. The van der Waals surface area contributed by atoms with Gasteiger partial charge in [-0.3, -0.25) is 0 Å². The molecule has 1 aromatic rings. The first-order valence-electron chi connectivity index (χ1n) is 6.00. The van der Waals surface area contributed by atoms with Gasteiger partial charge in [-0.25, -0.2) is 4.98 Å². The Bertz CT molecular complexity index is 326. The lowest BCUT2D eigenvalue weighted by atomic mass is 10.1. The molecule has 0 aromatic carbocycles. The van der Waals surface area contributed by atoms with Gasteiger partial charge in [-0.05, 0) is 25.7 Å². The van der Waals surface area contributed by atoms with Crippen molar-refractivity contribution in [3.05, 3.63) is 11.8 Å². The van der Waals surface area contributed by atoms with Crippen molar-refractivity contribution in [1.82, 2.24) is 9.97 Å². The molecule has 0 unspecified atom stereocenters. The molecule has 16 heavy (non-hydrogen) atoms. The Morgan fingerprint density at radius 3 is 2.62 bits per heavy atom. The summed E-state index contributed by atoms with van der Waals surface area (Å²) in [6, 6.07) is 2.56. The van der Waals surface area contributed by atoms with Crippen LogP contribution in [-0.4, -0.2) is 30.2 Å². The van der Waals surface area contributed by atoms with E-state index in [1.54, 1.807) is 7.11 Å². The predicted octanol–water partition coefficient (Wildman–Crippen LogP) is 2.04. The number of aryl methyl sites for hydroxylation is 1. The Hall–Kier alpha value is -1.32. The largest absolute Gasteiger partial charge is 0.467 e. The minimum absolute atomic E-state index is 0.486. The second-order valence-electron chi connectivity index (χ2n) is 4.11. The quantitative estimate of drug-likeness (QED) is 0.783. The van der Waals surface area contributed by atoms with Gasteiger partial charge in [-0.2, -0.15) is 4.98 Å². The average Bonchev–Trinajstić information content (AvgIpc) is 2.39. The third kappa shape index (κ3) is 2.43. The van der Waals surface area contributed by atoms with Crippen molar-refractivity contribution in [3.8, 4) is 6.01 Å². The molecule has 1 aromatic heterocycles. The van der Waals surface area contributed by atoms with Crippen LogP contribution < -0.4 is 9.64 Å². The standard InChI is InChI=1S/C12H19N3O/c1-3-10-9-11(14-12(13-10)16-2)15-7-5-4-6-8-15/h9H,3-8H2,1-2H3. The molecule has 0 amide bonds. The highest BCUT2D eigenvalue weighted by Crippen LogP contribution is 2.20. The number of piperidine rings is 1. The van der Waals surface area contributed by atoms with Crippen LogP contribution in [0.15, 0.2) is 6.07 Å². The van der Waals surface area contributed by atoms with Crippen LogP contribution in [0.1, 0.15) is 31.9 Å². The predicted molar refractivity (Wildman–Crippen MR) is 64.0 cm³/mol. The van der Waals surface area contributed by atoms with Gasteiger partial charge >= 0.3 is 6.01 Å². The van der Waals surface area contributed by atoms with Gasteiger partial charge in [0.25, 0.3) is 0 Å².